The molecule has 0 aromatic carbocycles. The summed E-state index contributed by atoms with van der Waals surface area (Å²) in [6, 6.07) is 4.32. The summed E-state index contributed by atoms with van der Waals surface area (Å²) in [6.07, 6.45) is 6.04. The summed E-state index contributed by atoms with van der Waals surface area (Å²) in [6.45, 7) is 6.92. The summed E-state index contributed by atoms with van der Waals surface area (Å²) in [5, 5.41) is 3.11. The lowest BCUT2D eigenvalue weighted by atomic mass is 9.85. The molecule has 2 fully saturated rings. The van der Waals surface area contributed by atoms with Crippen molar-refractivity contribution in [3.05, 3.63) is 30.1 Å². The predicted octanol–water partition coefficient (Wildman–Crippen LogP) is 2.18. The van der Waals surface area contributed by atoms with Gasteiger partial charge in [-0.05, 0) is 36.5 Å². The maximum Gasteiger partial charge on any atom is 0.317 e. The van der Waals surface area contributed by atoms with Gasteiger partial charge < -0.3 is 15.0 Å². The summed E-state index contributed by atoms with van der Waals surface area (Å²) in [5.41, 5.74) is 1.07. The fraction of sp³-hybridized carbons (Fsp3) is 0.647. The average molecular weight is 303 g/mol. The Morgan fingerprint density at radius 1 is 1.41 bits per heavy atom. The Morgan fingerprint density at radius 3 is 2.82 bits per heavy atom. The fourth-order valence-corrected chi connectivity index (χ4v) is 3.05. The molecule has 3 rings (SSSR count). The van der Waals surface area contributed by atoms with Crippen LogP contribution in [0.15, 0.2) is 24.5 Å². The molecule has 1 saturated carbocycles. The number of ether oxygens (including phenoxy) is 1. The molecule has 1 aliphatic heterocycles. The van der Waals surface area contributed by atoms with E-state index >= 15 is 0 Å². The van der Waals surface area contributed by atoms with Crippen LogP contribution in [0.3, 0.4) is 0 Å². The van der Waals surface area contributed by atoms with Crippen LogP contribution in [0.25, 0.3) is 0 Å². The van der Waals surface area contributed by atoms with E-state index < -0.39 is 0 Å². The lowest BCUT2D eigenvalue weighted by Gasteiger charge is -2.36. The molecule has 0 spiro atoms. The number of carbonyl (C=O) groups excluding carboxylic acids is 1. The molecule has 0 radical (unpaired) electrons. The van der Waals surface area contributed by atoms with Gasteiger partial charge >= 0.3 is 6.03 Å². The molecule has 1 N–H and O–H groups in total. The van der Waals surface area contributed by atoms with Gasteiger partial charge in [-0.25, -0.2) is 4.79 Å². The molecule has 22 heavy (non-hydrogen) atoms. The highest BCUT2D eigenvalue weighted by molar-refractivity contribution is 5.75. The van der Waals surface area contributed by atoms with Gasteiger partial charge in [0.1, 0.15) is 0 Å². The molecule has 2 amide bonds. The molecule has 1 saturated heterocycles. The second-order valence-electron chi connectivity index (χ2n) is 6.95. The van der Waals surface area contributed by atoms with Gasteiger partial charge in [-0.1, -0.05) is 13.8 Å². The molecular formula is C17H25N3O2. The van der Waals surface area contributed by atoms with Crippen LogP contribution in [0.1, 0.15) is 32.3 Å². The number of hydrogen-bond donors (Lipinski definition) is 1. The molecule has 5 nitrogen and oxygen atoms in total. The third-order valence-electron chi connectivity index (χ3n) is 4.74. The Kier molecular flexibility index (Phi) is 4.34. The zero-order valence-electron chi connectivity index (χ0n) is 13.4. The first-order chi connectivity index (χ1) is 10.6. The standard InChI is InChI=1S/C17H25N3O2/c1-17(2,14-5-7-18-8-6-14)12-19-16(21)20-9-10-22-11-15(20)13-3-4-13/h5-8,13,15H,3-4,9-12H2,1-2H3,(H,19,21)/t15-/m0/s1. The summed E-state index contributed by atoms with van der Waals surface area (Å²) >= 11 is 0. The molecule has 2 aliphatic rings. The van der Waals surface area contributed by atoms with E-state index in [0.29, 0.717) is 32.2 Å². The zero-order valence-corrected chi connectivity index (χ0v) is 13.4. The average Bonchev–Trinajstić information content (AvgIpc) is 3.38. The zero-order chi connectivity index (χ0) is 15.6. The third kappa shape index (κ3) is 3.40. The van der Waals surface area contributed by atoms with E-state index in [0.717, 1.165) is 0 Å². The molecule has 1 atom stereocenters. The van der Waals surface area contributed by atoms with Gasteiger partial charge in [0, 0.05) is 30.9 Å². The lowest BCUT2D eigenvalue weighted by Crippen LogP contribution is -2.54. The number of nitrogens with one attached hydrogen (secondary N) is 1. The quantitative estimate of drug-likeness (QED) is 0.927. The number of aromatic nitrogens is 1. The molecule has 1 aromatic rings. The Bertz CT molecular complexity index is 514. The second-order valence-corrected chi connectivity index (χ2v) is 6.95. The molecule has 5 heteroatoms. The van der Waals surface area contributed by atoms with Crippen LogP contribution in [0.4, 0.5) is 4.79 Å². The second kappa shape index (κ2) is 6.24. The first-order valence-electron chi connectivity index (χ1n) is 8.11. The van der Waals surface area contributed by atoms with Crippen molar-refractivity contribution in [2.45, 2.75) is 38.1 Å². The SMILES string of the molecule is CC(C)(CNC(=O)N1CCOC[C@H]1C1CC1)c1ccncc1. The van der Waals surface area contributed by atoms with Crippen LogP contribution in [0.5, 0.6) is 0 Å². The van der Waals surface area contributed by atoms with Crippen molar-refractivity contribution in [3.63, 3.8) is 0 Å². The molecule has 2 heterocycles. The van der Waals surface area contributed by atoms with Crippen LogP contribution < -0.4 is 5.32 Å². The lowest BCUT2D eigenvalue weighted by molar-refractivity contribution is 0.00451. The van der Waals surface area contributed by atoms with Gasteiger partial charge in [-0.2, -0.15) is 0 Å². The van der Waals surface area contributed by atoms with Crippen molar-refractivity contribution < 1.29 is 9.53 Å². The normalized spacial score (nSPS) is 22.5. The van der Waals surface area contributed by atoms with Crippen LogP contribution in [0, 0.1) is 5.92 Å². The van der Waals surface area contributed by atoms with E-state index in [2.05, 4.69) is 24.1 Å². The Balaban J connectivity index is 1.59. The molecule has 0 unspecified atom stereocenters. The largest absolute Gasteiger partial charge is 0.377 e. The topological polar surface area (TPSA) is 54.5 Å². The number of rotatable bonds is 4. The molecule has 0 bridgehead atoms. The van der Waals surface area contributed by atoms with Gasteiger partial charge in [0.05, 0.1) is 19.3 Å². The minimum absolute atomic E-state index is 0.0438. The number of carbonyl (C=O) groups is 1. The predicted molar refractivity (Wildman–Crippen MR) is 84.7 cm³/mol. The molecule has 1 aromatic heterocycles. The number of hydrogen-bond acceptors (Lipinski definition) is 3. The van der Waals surface area contributed by atoms with Crippen molar-refractivity contribution in [1.29, 1.82) is 0 Å². The minimum Gasteiger partial charge on any atom is -0.377 e. The van der Waals surface area contributed by atoms with Gasteiger partial charge in [0.2, 0.25) is 0 Å². The highest BCUT2D eigenvalue weighted by Crippen LogP contribution is 2.36. The summed E-state index contributed by atoms with van der Waals surface area (Å²) in [5.74, 6) is 0.638. The maximum atomic E-state index is 12.6. The summed E-state index contributed by atoms with van der Waals surface area (Å²) in [4.78, 5) is 18.6. The maximum absolute atomic E-state index is 12.6. The summed E-state index contributed by atoms with van der Waals surface area (Å²) in [7, 11) is 0. The van der Waals surface area contributed by atoms with Crippen molar-refractivity contribution in [1.82, 2.24) is 15.2 Å². The van der Waals surface area contributed by atoms with Crippen LogP contribution in [0.2, 0.25) is 0 Å². The number of pyridine rings is 1. The Labute approximate surface area is 132 Å². The van der Waals surface area contributed by atoms with Crippen LogP contribution in [-0.4, -0.2) is 48.3 Å². The first kappa shape index (κ1) is 15.3. The first-order valence-corrected chi connectivity index (χ1v) is 8.11. The Hall–Kier alpha value is -1.62. The van der Waals surface area contributed by atoms with Crippen molar-refractivity contribution in [3.8, 4) is 0 Å². The molecular weight excluding hydrogens is 278 g/mol. The molecule has 1 aliphatic carbocycles. The number of nitrogens with zero attached hydrogens (tertiary/aromatic N) is 2. The van der Waals surface area contributed by atoms with Crippen molar-refractivity contribution >= 4 is 6.03 Å². The van der Waals surface area contributed by atoms with Crippen molar-refractivity contribution in [2.24, 2.45) is 5.92 Å². The third-order valence-corrected chi connectivity index (χ3v) is 4.74. The van der Waals surface area contributed by atoms with E-state index in [1.54, 1.807) is 12.4 Å². The van der Waals surface area contributed by atoms with Crippen LogP contribution in [-0.2, 0) is 10.2 Å². The van der Waals surface area contributed by atoms with E-state index in [9.17, 15) is 4.79 Å². The van der Waals surface area contributed by atoms with Gasteiger partial charge in [0.25, 0.3) is 0 Å². The number of amides is 2. The molecule has 120 valence electrons. The van der Waals surface area contributed by atoms with E-state index in [4.69, 9.17) is 4.74 Å². The smallest absolute Gasteiger partial charge is 0.317 e. The number of morpholine rings is 1. The highest BCUT2D eigenvalue weighted by atomic mass is 16.5. The summed E-state index contributed by atoms with van der Waals surface area (Å²) < 4.78 is 5.55. The fourth-order valence-electron chi connectivity index (χ4n) is 3.05. The van der Waals surface area contributed by atoms with Gasteiger partial charge in [-0.3, -0.25) is 4.98 Å². The number of urea groups is 1. The van der Waals surface area contributed by atoms with E-state index in [1.807, 2.05) is 17.0 Å². The van der Waals surface area contributed by atoms with Crippen LogP contribution >= 0.6 is 0 Å². The highest BCUT2D eigenvalue weighted by Gasteiger charge is 2.39. The van der Waals surface area contributed by atoms with Gasteiger partial charge in [-0.15, -0.1) is 0 Å². The minimum atomic E-state index is -0.111. The van der Waals surface area contributed by atoms with Crippen molar-refractivity contribution in [2.75, 3.05) is 26.3 Å². The van der Waals surface area contributed by atoms with E-state index in [1.165, 1.54) is 18.4 Å². The monoisotopic (exact) mass is 303 g/mol. The van der Waals surface area contributed by atoms with E-state index in [-0.39, 0.29) is 17.5 Å². The Morgan fingerprint density at radius 2 is 2.14 bits per heavy atom. The van der Waals surface area contributed by atoms with Gasteiger partial charge in [0.15, 0.2) is 0 Å².